The van der Waals surface area contributed by atoms with Gasteiger partial charge < -0.3 is 4.57 Å². The highest BCUT2D eigenvalue weighted by molar-refractivity contribution is 7.99. The number of aromatic nitrogens is 5. The molecule has 0 radical (unpaired) electrons. The Bertz CT molecular complexity index is 949. The van der Waals surface area contributed by atoms with Crippen LogP contribution in [0.3, 0.4) is 0 Å². The second-order valence-corrected chi connectivity index (χ2v) is 7.24. The zero-order valence-corrected chi connectivity index (χ0v) is 13.4. The van der Waals surface area contributed by atoms with Gasteiger partial charge in [-0.3, -0.25) is 0 Å². The van der Waals surface area contributed by atoms with Crippen molar-refractivity contribution >= 4 is 22.7 Å². The maximum atomic E-state index is 13.6. The van der Waals surface area contributed by atoms with Crippen LogP contribution in [0.4, 0.5) is 8.78 Å². The summed E-state index contributed by atoms with van der Waals surface area (Å²) in [5, 5.41) is 10.5. The number of halogens is 2. The quantitative estimate of drug-likeness (QED) is 0.672. The van der Waals surface area contributed by atoms with Gasteiger partial charge in [-0.15, -0.1) is 10.2 Å². The summed E-state index contributed by atoms with van der Waals surface area (Å²) in [7, 11) is 0. The van der Waals surface area contributed by atoms with E-state index in [1.54, 1.807) is 0 Å². The van der Waals surface area contributed by atoms with E-state index in [1.807, 2.05) is 0 Å². The summed E-state index contributed by atoms with van der Waals surface area (Å²) in [6.45, 7) is 0. The highest BCUT2D eigenvalue weighted by Crippen LogP contribution is 2.47. The highest BCUT2D eigenvalue weighted by atomic mass is 32.2. The lowest BCUT2D eigenvalue weighted by Crippen LogP contribution is -2.02. The topological polar surface area (TPSA) is 56.5 Å². The van der Waals surface area contributed by atoms with Crippen LogP contribution in [-0.4, -0.2) is 24.7 Å². The third kappa shape index (κ3) is 2.36. The molecule has 122 valence electrons. The first-order valence-corrected chi connectivity index (χ1v) is 8.75. The Hall–Kier alpha value is -2.09. The maximum absolute atomic E-state index is 13.6. The van der Waals surface area contributed by atoms with Crippen molar-refractivity contribution in [3.8, 4) is 0 Å². The fourth-order valence-electron chi connectivity index (χ4n) is 2.85. The Morgan fingerprint density at radius 2 is 1.79 bits per heavy atom. The first-order chi connectivity index (χ1) is 11.7. The van der Waals surface area contributed by atoms with E-state index in [2.05, 4.69) is 24.7 Å². The molecule has 1 aromatic carbocycles. The van der Waals surface area contributed by atoms with Crippen LogP contribution in [0, 0.1) is 11.6 Å². The van der Waals surface area contributed by atoms with Crippen LogP contribution >= 0.6 is 11.8 Å². The number of hydrogen-bond acceptors (Lipinski definition) is 5. The monoisotopic (exact) mass is 345 g/mol. The summed E-state index contributed by atoms with van der Waals surface area (Å²) in [4.78, 5) is 8.27. The molecule has 5 nitrogen and oxygen atoms in total. The third-order valence-electron chi connectivity index (χ3n) is 4.37. The molecule has 0 bridgehead atoms. The van der Waals surface area contributed by atoms with E-state index >= 15 is 0 Å². The Kier molecular flexibility index (Phi) is 3.09. The minimum Gasteiger partial charge on any atom is -0.302 e. The van der Waals surface area contributed by atoms with E-state index in [4.69, 9.17) is 0 Å². The molecule has 0 spiro atoms. The van der Waals surface area contributed by atoms with Crippen molar-refractivity contribution in [3.05, 3.63) is 35.9 Å². The van der Waals surface area contributed by atoms with Crippen molar-refractivity contribution in [1.29, 1.82) is 0 Å². The average molecular weight is 345 g/mol. The molecule has 2 aromatic heterocycles. The summed E-state index contributed by atoms with van der Waals surface area (Å²) in [6.07, 6.45) is 5.96. The molecule has 2 fully saturated rings. The van der Waals surface area contributed by atoms with E-state index in [0.717, 1.165) is 48.8 Å². The van der Waals surface area contributed by atoms with E-state index in [-0.39, 0.29) is 0 Å². The maximum Gasteiger partial charge on any atom is 0.197 e. The predicted molar refractivity (Wildman–Crippen MR) is 83.8 cm³/mol. The molecule has 0 amide bonds. The van der Waals surface area contributed by atoms with Gasteiger partial charge in [0.1, 0.15) is 17.2 Å². The largest absolute Gasteiger partial charge is 0.302 e. The molecular weight excluding hydrogens is 332 g/mol. The number of benzene rings is 1. The lowest BCUT2D eigenvalue weighted by molar-refractivity contribution is 0.510. The molecule has 2 aliphatic rings. The fraction of sp³-hybridized carbons (Fsp3) is 0.375. The predicted octanol–water partition coefficient (Wildman–Crippen LogP) is 3.86. The van der Waals surface area contributed by atoms with Crippen LogP contribution in [0.25, 0.3) is 10.9 Å². The molecule has 0 saturated heterocycles. The Morgan fingerprint density at radius 1 is 1.00 bits per heavy atom. The molecule has 0 atom stereocenters. The Morgan fingerprint density at radius 3 is 2.54 bits per heavy atom. The van der Waals surface area contributed by atoms with Gasteiger partial charge in [0, 0.05) is 23.4 Å². The van der Waals surface area contributed by atoms with Crippen molar-refractivity contribution in [2.45, 2.75) is 47.8 Å². The molecule has 0 N–H and O–H groups in total. The highest BCUT2D eigenvalue weighted by Gasteiger charge is 2.36. The normalized spacial score (nSPS) is 17.6. The lowest BCUT2D eigenvalue weighted by atomic mass is 10.2. The fourth-order valence-corrected chi connectivity index (χ4v) is 3.82. The summed E-state index contributed by atoms with van der Waals surface area (Å²) in [5.41, 5.74) is 0.381. The zero-order chi connectivity index (χ0) is 16.3. The summed E-state index contributed by atoms with van der Waals surface area (Å²) in [6, 6.07) is 2.70. The number of rotatable bonds is 4. The first kappa shape index (κ1) is 14.3. The summed E-state index contributed by atoms with van der Waals surface area (Å²) in [5.74, 6) is -0.243. The van der Waals surface area contributed by atoms with Crippen molar-refractivity contribution in [2.24, 2.45) is 0 Å². The molecule has 8 heteroatoms. The smallest absolute Gasteiger partial charge is 0.197 e. The SMILES string of the molecule is Fc1cc2ncnc(Sc3nnc(C4CC4)n3C3CC3)c2cc1F. The molecule has 2 saturated carbocycles. The number of hydrogen-bond donors (Lipinski definition) is 0. The zero-order valence-electron chi connectivity index (χ0n) is 12.6. The van der Waals surface area contributed by atoms with Crippen molar-refractivity contribution in [2.75, 3.05) is 0 Å². The lowest BCUT2D eigenvalue weighted by Gasteiger charge is -2.09. The molecular formula is C16H13F2N5S. The van der Waals surface area contributed by atoms with Crippen LogP contribution in [-0.2, 0) is 0 Å². The van der Waals surface area contributed by atoms with Crippen LogP contribution in [0.15, 0.2) is 28.6 Å². The van der Waals surface area contributed by atoms with E-state index in [9.17, 15) is 8.78 Å². The Labute approximate surface area is 140 Å². The van der Waals surface area contributed by atoms with Crippen molar-refractivity contribution in [3.63, 3.8) is 0 Å². The number of fused-ring (bicyclic) bond motifs is 1. The minimum absolute atomic E-state index is 0.381. The van der Waals surface area contributed by atoms with E-state index in [0.29, 0.717) is 27.9 Å². The third-order valence-corrected chi connectivity index (χ3v) is 5.35. The van der Waals surface area contributed by atoms with Crippen LogP contribution in [0.1, 0.15) is 43.5 Å². The average Bonchev–Trinajstić information content (AvgIpc) is 3.48. The molecule has 2 heterocycles. The second kappa shape index (κ2) is 5.20. The van der Waals surface area contributed by atoms with Crippen LogP contribution in [0.2, 0.25) is 0 Å². The molecule has 24 heavy (non-hydrogen) atoms. The van der Waals surface area contributed by atoms with Crippen LogP contribution < -0.4 is 0 Å². The standard InChI is InChI=1S/C16H13F2N5S/c17-11-5-10-13(6-12(11)18)19-7-20-15(10)24-16-22-21-14(8-1-2-8)23(16)9-3-4-9/h5-9H,1-4H2. The van der Waals surface area contributed by atoms with Gasteiger partial charge in [0.2, 0.25) is 0 Å². The van der Waals surface area contributed by atoms with Gasteiger partial charge in [0.05, 0.1) is 5.52 Å². The Balaban J connectivity index is 1.59. The van der Waals surface area contributed by atoms with Crippen molar-refractivity contribution in [1.82, 2.24) is 24.7 Å². The minimum atomic E-state index is -0.908. The van der Waals surface area contributed by atoms with Gasteiger partial charge in [-0.25, -0.2) is 18.7 Å². The van der Waals surface area contributed by atoms with Gasteiger partial charge in [0.25, 0.3) is 0 Å². The van der Waals surface area contributed by atoms with Gasteiger partial charge in [-0.05, 0) is 43.5 Å². The second-order valence-electron chi connectivity index (χ2n) is 6.28. The molecule has 5 rings (SSSR count). The molecule has 2 aliphatic carbocycles. The summed E-state index contributed by atoms with van der Waals surface area (Å²) >= 11 is 1.34. The molecule has 3 aromatic rings. The number of nitrogens with zero attached hydrogens (tertiary/aromatic N) is 5. The van der Waals surface area contributed by atoms with E-state index < -0.39 is 11.6 Å². The first-order valence-electron chi connectivity index (χ1n) is 7.93. The van der Waals surface area contributed by atoms with Gasteiger partial charge in [0.15, 0.2) is 16.8 Å². The van der Waals surface area contributed by atoms with Gasteiger partial charge >= 0.3 is 0 Å². The molecule has 0 unspecified atom stereocenters. The van der Waals surface area contributed by atoms with Crippen LogP contribution in [0.5, 0.6) is 0 Å². The van der Waals surface area contributed by atoms with Gasteiger partial charge in [-0.1, -0.05) is 0 Å². The van der Waals surface area contributed by atoms with Gasteiger partial charge in [-0.2, -0.15) is 0 Å². The molecule has 0 aliphatic heterocycles. The van der Waals surface area contributed by atoms with Crippen molar-refractivity contribution < 1.29 is 8.78 Å². The van der Waals surface area contributed by atoms with E-state index in [1.165, 1.54) is 18.1 Å². The summed E-state index contributed by atoms with van der Waals surface area (Å²) < 4.78 is 29.3.